The Morgan fingerprint density at radius 3 is 2.37 bits per heavy atom. The Balaban J connectivity index is 1.46. The zero-order valence-electron chi connectivity index (χ0n) is 25.0. The fourth-order valence-corrected chi connectivity index (χ4v) is 7.37. The molecule has 0 unspecified atom stereocenters. The lowest BCUT2D eigenvalue weighted by Crippen LogP contribution is -2.50. The summed E-state index contributed by atoms with van der Waals surface area (Å²) < 4.78 is 67.8. The summed E-state index contributed by atoms with van der Waals surface area (Å²) in [5.74, 6) is -1.76. The molecule has 252 valence electrons. The van der Waals surface area contributed by atoms with E-state index in [1.807, 2.05) is 0 Å². The van der Waals surface area contributed by atoms with E-state index in [0.29, 0.717) is 45.3 Å². The zero-order valence-corrected chi connectivity index (χ0v) is 27.3. The third-order valence-corrected chi connectivity index (χ3v) is 10.7. The molecule has 2 aromatic rings. The molecule has 0 bridgehead atoms. The lowest BCUT2D eigenvalue weighted by Gasteiger charge is -2.35. The summed E-state index contributed by atoms with van der Waals surface area (Å²) in [6.45, 7) is 2.24. The Kier molecular flexibility index (Phi) is 11.5. The molecule has 3 N–H and O–H groups in total. The molecule has 2 aliphatic rings. The van der Waals surface area contributed by atoms with Gasteiger partial charge in [0.2, 0.25) is 5.91 Å². The fourth-order valence-electron chi connectivity index (χ4n) is 5.77. The van der Waals surface area contributed by atoms with Crippen LogP contribution in [0.15, 0.2) is 35.2 Å². The second kappa shape index (κ2) is 14.8. The molecule has 10 nitrogen and oxygen atoms in total. The molecule has 4 rings (SSSR count). The van der Waals surface area contributed by atoms with Crippen LogP contribution in [0.4, 0.5) is 18.0 Å². The van der Waals surface area contributed by atoms with Crippen molar-refractivity contribution in [1.29, 1.82) is 0 Å². The summed E-state index contributed by atoms with van der Waals surface area (Å²) in [7, 11) is -3.66. The number of amides is 3. The van der Waals surface area contributed by atoms with E-state index in [0.717, 1.165) is 12.1 Å². The summed E-state index contributed by atoms with van der Waals surface area (Å²) in [5, 5.41) is 14.5. The van der Waals surface area contributed by atoms with Crippen molar-refractivity contribution < 1.29 is 41.1 Å². The standard InChI is InChI=1S/C30H35Cl2F3N4O6S/c1-2-46(44,45)26-6-5-21(31)12-20(26)15-36-27(40)19-13-24(30(33,34)35)23(25(32)14-19)17-38-9-3-4-18(16-38)28(41)37-22-7-10-39(11-8-22)29(42)43/h5-6,12-14,18,22H,2-4,7-11,15-17H2,1H3,(H,36,40)(H,37,41)(H,42,43)/t18-/m0/s1. The van der Waals surface area contributed by atoms with Gasteiger partial charge in [0.05, 0.1) is 22.1 Å². The van der Waals surface area contributed by atoms with Gasteiger partial charge in [-0.3, -0.25) is 14.5 Å². The van der Waals surface area contributed by atoms with Crippen LogP contribution < -0.4 is 10.6 Å². The molecule has 1 atom stereocenters. The van der Waals surface area contributed by atoms with Gasteiger partial charge in [-0.2, -0.15) is 13.2 Å². The van der Waals surface area contributed by atoms with Crippen molar-refractivity contribution in [2.45, 2.75) is 62.8 Å². The number of piperidine rings is 2. The molecule has 0 aliphatic carbocycles. The van der Waals surface area contributed by atoms with Gasteiger partial charge < -0.3 is 20.6 Å². The largest absolute Gasteiger partial charge is 0.465 e. The highest BCUT2D eigenvalue weighted by molar-refractivity contribution is 7.91. The Morgan fingerprint density at radius 2 is 1.74 bits per heavy atom. The number of benzene rings is 2. The Morgan fingerprint density at radius 1 is 1.04 bits per heavy atom. The fraction of sp³-hybridized carbons (Fsp3) is 0.500. The van der Waals surface area contributed by atoms with Crippen LogP contribution >= 0.6 is 23.2 Å². The maximum atomic E-state index is 14.3. The van der Waals surface area contributed by atoms with Gasteiger partial charge in [-0.1, -0.05) is 30.1 Å². The molecule has 0 spiro atoms. The summed E-state index contributed by atoms with van der Waals surface area (Å²) in [6, 6.07) is 5.76. The minimum Gasteiger partial charge on any atom is -0.465 e. The van der Waals surface area contributed by atoms with Crippen LogP contribution in [-0.2, 0) is 33.9 Å². The van der Waals surface area contributed by atoms with Crippen molar-refractivity contribution in [2.75, 3.05) is 31.9 Å². The van der Waals surface area contributed by atoms with E-state index >= 15 is 0 Å². The summed E-state index contributed by atoms with van der Waals surface area (Å²) >= 11 is 12.4. The molecule has 2 aromatic carbocycles. The molecule has 2 aliphatic heterocycles. The predicted octanol–water partition coefficient (Wildman–Crippen LogP) is 5.21. The van der Waals surface area contributed by atoms with E-state index in [-0.39, 0.29) is 69.0 Å². The molecule has 2 fully saturated rings. The maximum absolute atomic E-state index is 14.3. The molecule has 0 saturated carbocycles. The lowest BCUT2D eigenvalue weighted by atomic mass is 9.94. The van der Waals surface area contributed by atoms with Crippen LogP contribution in [0.3, 0.4) is 0 Å². The number of rotatable bonds is 9. The summed E-state index contributed by atoms with van der Waals surface area (Å²) in [5.41, 5.74) is -1.47. The molecule has 0 aromatic heterocycles. The van der Waals surface area contributed by atoms with Crippen LogP contribution in [0.5, 0.6) is 0 Å². The predicted molar refractivity (Wildman–Crippen MR) is 166 cm³/mol. The number of sulfone groups is 1. The number of nitrogens with one attached hydrogen (secondary N) is 2. The molecule has 16 heteroatoms. The highest BCUT2D eigenvalue weighted by atomic mass is 35.5. The topological polar surface area (TPSA) is 136 Å². The average Bonchev–Trinajstić information content (AvgIpc) is 3.00. The van der Waals surface area contributed by atoms with Crippen molar-refractivity contribution in [2.24, 2.45) is 5.92 Å². The molecule has 2 saturated heterocycles. The van der Waals surface area contributed by atoms with Crippen LogP contribution in [0.2, 0.25) is 10.0 Å². The van der Waals surface area contributed by atoms with Gasteiger partial charge in [-0.05, 0) is 73.7 Å². The Labute approximate surface area is 275 Å². The SMILES string of the molecule is CCS(=O)(=O)c1ccc(Cl)cc1CNC(=O)c1cc(Cl)c(CN2CCC[C@H](C(=O)NC3CCN(C(=O)O)CC3)C2)c(C(F)(F)F)c1. The van der Waals surface area contributed by atoms with Crippen molar-refractivity contribution in [3.05, 3.63) is 62.6 Å². The third kappa shape index (κ3) is 8.84. The summed E-state index contributed by atoms with van der Waals surface area (Å²) in [6.07, 6.45) is -3.75. The van der Waals surface area contributed by atoms with Crippen LogP contribution in [0.25, 0.3) is 0 Å². The zero-order chi connectivity index (χ0) is 33.8. The van der Waals surface area contributed by atoms with E-state index in [4.69, 9.17) is 28.3 Å². The number of alkyl halides is 3. The van der Waals surface area contributed by atoms with Crippen LogP contribution in [0, 0.1) is 5.92 Å². The third-order valence-electron chi connectivity index (χ3n) is 8.31. The van der Waals surface area contributed by atoms with Gasteiger partial charge in [-0.25, -0.2) is 13.2 Å². The smallest absolute Gasteiger partial charge is 0.416 e. The number of hydrogen-bond donors (Lipinski definition) is 3. The number of nitrogens with zero attached hydrogens (tertiary/aromatic N) is 2. The number of carboxylic acid groups (broad SMARTS) is 1. The molecule has 46 heavy (non-hydrogen) atoms. The first kappa shape index (κ1) is 35.8. The van der Waals surface area contributed by atoms with Gasteiger partial charge in [0.25, 0.3) is 5.91 Å². The number of carbonyl (C=O) groups excluding carboxylic acids is 2. The molecule has 3 amide bonds. The van der Waals surface area contributed by atoms with Crippen molar-refractivity contribution in [3.8, 4) is 0 Å². The van der Waals surface area contributed by atoms with Crippen molar-refractivity contribution in [3.63, 3.8) is 0 Å². The molecule has 0 radical (unpaired) electrons. The highest BCUT2D eigenvalue weighted by Gasteiger charge is 2.37. The molecular formula is C30H35Cl2F3N4O6S. The number of hydrogen-bond acceptors (Lipinski definition) is 6. The van der Waals surface area contributed by atoms with E-state index in [9.17, 15) is 36.0 Å². The minimum absolute atomic E-state index is 0.0406. The monoisotopic (exact) mass is 706 g/mol. The number of likely N-dealkylation sites (tertiary alicyclic amines) is 2. The van der Waals surface area contributed by atoms with E-state index in [1.165, 1.54) is 30.0 Å². The highest BCUT2D eigenvalue weighted by Crippen LogP contribution is 2.37. The average molecular weight is 708 g/mol. The van der Waals surface area contributed by atoms with Crippen LogP contribution in [0.1, 0.15) is 59.7 Å². The second-order valence-electron chi connectivity index (χ2n) is 11.4. The van der Waals surface area contributed by atoms with Gasteiger partial charge in [0.1, 0.15) is 0 Å². The van der Waals surface area contributed by atoms with Gasteiger partial charge in [0.15, 0.2) is 9.84 Å². The molecule has 2 heterocycles. The first-order chi connectivity index (χ1) is 21.6. The Bertz CT molecular complexity index is 1580. The first-order valence-electron chi connectivity index (χ1n) is 14.8. The van der Waals surface area contributed by atoms with Gasteiger partial charge in [0, 0.05) is 54.4 Å². The number of carbonyl (C=O) groups is 3. The maximum Gasteiger partial charge on any atom is 0.416 e. The Hall–Kier alpha value is -3.07. The van der Waals surface area contributed by atoms with Gasteiger partial charge >= 0.3 is 12.3 Å². The van der Waals surface area contributed by atoms with Crippen LogP contribution in [-0.4, -0.2) is 79.2 Å². The number of halogens is 5. The normalized spacial score (nSPS) is 18.3. The quantitative estimate of drug-likeness (QED) is 0.326. The van der Waals surface area contributed by atoms with Crippen molar-refractivity contribution in [1.82, 2.24) is 20.4 Å². The van der Waals surface area contributed by atoms with E-state index < -0.39 is 39.5 Å². The van der Waals surface area contributed by atoms with Crippen molar-refractivity contribution >= 4 is 50.9 Å². The minimum atomic E-state index is -4.85. The first-order valence-corrected chi connectivity index (χ1v) is 17.2. The molecular weight excluding hydrogens is 672 g/mol. The summed E-state index contributed by atoms with van der Waals surface area (Å²) in [4.78, 5) is 40.1. The lowest BCUT2D eigenvalue weighted by molar-refractivity contribution is -0.138. The van der Waals surface area contributed by atoms with E-state index in [1.54, 1.807) is 4.90 Å². The van der Waals surface area contributed by atoms with E-state index in [2.05, 4.69) is 10.6 Å². The van der Waals surface area contributed by atoms with Gasteiger partial charge in [-0.15, -0.1) is 0 Å². The second-order valence-corrected chi connectivity index (χ2v) is 14.5.